The van der Waals surface area contributed by atoms with Crippen molar-refractivity contribution in [3.63, 3.8) is 0 Å². The highest BCUT2D eigenvalue weighted by atomic mass is 15.8. The summed E-state index contributed by atoms with van der Waals surface area (Å²) in [5, 5.41) is 10.7. The van der Waals surface area contributed by atoms with Crippen molar-refractivity contribution in [3.8, 4) is 0 Å². The monoisotopic (exact) mass is 327 g/mol. The molecule has 1 aliphatic rings. The first-order chi connectivity index (χ1) is 12.4. The van der Waals surface area contributed by atoms with Crippen molar-refractivity contribution in [2.24, 2.45) is 10.2 Å². The Morgan fingerprint density at radius 3 is 2.56 bits per heavy atom. The number of aromatic nitrogens is 1. The zero-order valence-corrected chi connectivity index (χ0v) is 13.6. The second kappa shape index (κ2) is 6.97. The van der Waals surface area contributed by atoms with Crippen molar-refractivity contribution in [2.75, 3.05) is 0 Å². The fraction of sp³-hybridized carbons (Fsp3) is 0.0500. The van der Waals surface area contributed by atoms with E-state index in [1.54, 1.807) is 11.3 Å². The van der Waals surface area contributed by atoms with Crippen molar-refractivity contribution in [3.05, 3.63) is 101 Å². The molecule has 1 aromatic heterocycles. The van der Waals surface area contributed by atoms with E-state index < -0.39 is 0 Å². The molecule has 0 spiro atoms. The summed E-state index contributed by atoms with van der Waals surface area (Å²) in [4.78, 5) is 4.43. The first-order valence-corrected chi connectivity index (χ1v) is 8.10. The molecule has 2 heterocycles. The highest BCUT2D eigenvalue weighted by molar-refractivity contribution is 6.11. The molecule has 0 aliphatic carbocycles. The van der Waals surface area contributed by atoms with Crippen molar-refractivity contribution < 1.29 is 0 Å². The van der Waals surface area contributed by atoms with Crippen LogP contribution in [0.1, 0.15) is 22.4 Å². The summed E-state index contributed by atoms with van der Waals surface area (Å²) in [6.07, 6.45) is 3.60. The minimum atomic E-state index is 0.653. The van der Waals surface area contributed by atoms with E-state index in [4.69, 9.17) is 0 Å². The van der Waals surface area contributed by atoms with Crippen LogP contribution in [0.4, 0.5) is 0 Å². The number of nitrogens with one attached hydrogen (secondary N) is 1. The molecule has 0 saturated heterocycles. The van der Waals surface area contributed by atoms with Crippen LogP contribution in [-0.2, 0) is 6.54 Å². The van der Waals surface area contributed by atoms with E-state index in [2.05, 4.69) is 32.9 Å². The molecule has 0 atom stereocenters. The Hall–Kier alpha value is -3.47. The molecule has 1 N–H and O–H groups in total. The fourth-order valence-corrected chi connectivity index (χ4v) is 2.68. The van der Waals surface area contributed by atoms with Crippen molar-refractivity contribution >= 4 is 11.9 Å². The quantitative estimate of drug-likeness (QED) is 0.591. The second-order valence-corrected chi connectivity index (χ2v) is 5.64. The third-order valence-corrected chi connectivity index (χ3v) is 3.94. The zero-order valence-electron chi connectivity index (χ0n) is 13.6. The first-order valence-electron chi connectivity index (χ1n) is 8.10. The van der Waals surface area contributed by atoms with Crippen LogP contribution in [0.2, 0.25) is 0 Å². The lowest BCUT2D eigenvalue weighted by Gasteiger charge is -2.23. The van der Waals surface area contributed by atoms with Crippen LogP contribution in [0.15, 0.2) is 89.2 Å². The molecule has 2 aromatic carbocycles. The van der Waals surface area contributed by atoms with Crippen LogP contribution in [0, 0.1) is 0 Å². The summed E-state index contributed by atoms with van der Waals surface area (Å²) < 4.78 is 0. The number of fused-ring (bicyclic) bond motifs is 1. The van der Waals surface area contributed by atoms with Gasteiger partial charge in [-0.25, -0.2) is 5.53 Å². The van der Waals surface area contributed by atoms with Crippen molar-refractivity contribution in [1.29, 1.82) is 0 Å². The highest BCUT2D eigenvalue weighted by Crippen LogP contribution is 2.14. The Morgan fingerprint density at radius 2 is 1.72 bits per heavy atom. The van der Waals surface area contributed by atoms with Gasteiger partial charge in [-0.3, -0.25) is 4.98 Å². The molecular weight excluding hydrogens is 310 g/mol. The Balaban J connectivity index is 1.61. The highest BCUT2D eigenvalue weighted by Gasteiger charge is 2.12. The van der Waals surface area contributed by atoms with Crippen LogP contribution in [0.25, 0.3) is 0 Å². The molecule has 1 aliphatic heterocycles. The van der Waals surface area contributed by atoms with E-state index in [1.165, 1.54) is 5.56 Å². The van der Waals surface area contributed by atoms with Gasteiger partial charge in [0, 0.05) is 11.8 Å². The van der Waals surface area contributed by atoms with Gasteiger partial charge in [0.15, 0.2) is 0 Å². The lowest BCUT2D eigenvalue weighted by Crippen LogP contribution is -2.32. The average molecular weight is 327 g/mol. The first kappa shape index (κ1) is 15.1. The maximum Gasteiger partial charge on any atom is 0.118 e. The number of hydrogen-bond donors (Lipinski definition) is 1. The summed E-state index contributed by atoms with van der Waals surface area (Å²) in [5.74, 6) is 0. The summed E-state index contributed by atoms with van der Waals surface area (Å²) >= 11 is 0. The Morgan fingerprint density at radius 1 is 0.920 bits per heavy atom. The van der Waals surface area contributed by atoms with Gasteiger partial charge in [0.2, 0.25) is 0 Å². The fourth-order valence-electron chi connectivity index (χ4n) is 2.68. The number of benzene rings is 2. The smallest absolute Gasteiger partial charge is 0.118 e. The van der Waals surface area contributed by atoms with Gasteiger partial charge in [0.05, 0.1) is 18.5 Å². The van der Waals surface area contributed by atoms with Crippen LogP contribution < -0.4 is 5.53 Å². The summed E-state index contributed by atoms with van der Waals surface area (Å²) in [6, 6.07) is 24.0. The lowest BCUT2D eigenvalue weighted by molar-refractivity contribution is 0.189. The van der Waals surface area contributed by atoms with Gasteiger partial charge in [0.25, 0.3) is 0 Å². The molecule has 0 unspecified atom stereocenters. The molecule has 0 radical (unpaired) electrons. The van der Waals surface area contributed by atoms with E-state index in [-0.39, 0.29) is 0 Å². The SMILES string of the molecule is C1=NN(NN=C(c2ccccc2)c2ccccn2)Cc2ccccc21. The normalized spacial score (nSPS) is 13.4. The summed E-state index contributed by atoms with van der Waals surface area (Å²) in [6.45, 7) is 0.653. The molecular formula is C20H17N5. The Bertz CT molecular complexity index is 862. The van der Waals surface area contributed by atoms with E-state index >= 15 is 0 Å². The van der Waals surface area contributed by atoms with Gasteiger partial charge in [-0.1, -0.05) is 60.7 Å². The van der Waals surface area contributed by atoms with Crippen LogP contribution >= 0.6 is 0 Å². The number of pyridine rings is 1. The predicted molar refractivity (Wildman–Crippen MR) is 99.0 cm³/mol. The molecule has 5 nitrogen and oxygen atoms in total. The van der Waals surface area contributed by atoms with Gasteiger partial charge in [0.1, 0.15) is 5.71 Å². The molecule has 0 bridgehead atoms. The van der Waals surface area contributed by atoms with E-state index in [9.17, 15) is 0 Å². The van der Waals surface area contributed by atoms with E-state index in [1.807, 2.05) is 66.9 Å². The van der Waals surface area contributed by atoms with Gasteiger partial charge in [-0.2, -0.15) is 15.3 Å². The number of nitrogens with zero attached hydrogens (tertiary/aromatic N) is 4. The Labute approximate surface area is 146 Å². The number of hydrazine groups is 1. The van der Waals surface area contributed by atoms with Crippen LogP contribution in [0.3, 0.4) is 0 Å². The Kier molecular flexibility index (Phi) is 4.20. The van der Waals surface area contributed by atoms with Gasteiger partial charge >= 0.3 is 0 Å². The summed E-state index contributed by atoms with van der Waals surface area (Å²) in [5.41, 5.74) is 7.96. The summed E-state index contributed by atoms with van der Waals surface area (Å²) in [7, 11) is 0. The second-order valence-electron chi connectivity index (χ2n) is 5.64. The van der Waals surface area contributed by atoms with Crippen molar-refractivity contribution in [2.45, 2.75) is 6.54 Å². The van der Waals surface area contributed by atoms with Gasteiger partial charge < -0.3 is 0 Å². The minimum absolute atomic E-state index is 0.653. The van der Waals surface area contributed by atoms with Gasteiger partial charge in [-0.15, -0.1) is 0 Å². The number of rotatable bonds is 4. The molecule has 25 heavy (non-hydrogen) atoms. The number of hydrazone groups is 2. The molecule has 0 saturated carbocycles. The minimum Gasteiger partial charge on any atom is -0.255 e. The maximum atomic E-state index is 4.58. The van der Waals surface area contributed by atoms with E-state index in [0.29, 0.717) is 6.54 Å². The topological polar surface area (TPSA) is 52.9 Å². The predicted octanol–water partition coefficient (Wildman–Crippen LogP) is 3.19. The third kappa shape index (κ3) is 3.40. The van der Waals surface area contributed by atoms with Crippen molar-refractivity contribution in [1.82, 2.24) is 15.6 Å². The zero-order chi connectivity index (χ0) is 16.9. The molecule has 3 aromatic rings. The standard InChI is InChI=1S/C20H17N5/c1-2-8-16(9-3-1)20(19-12-6-7-13-21-19)23-24-25-15-18-11-5-4-10-17(18)14-22-25/h1-14,24H,15H2. The molecule has 5 heteroatoms. The molecule has 0 amide bonds. The van der Waals surface area contributed by atoms with E-state index in [0.717, 1.165) is 22.5 Å². The molecule has 0 fully saturated rings. The average Bonchev–Trinajstić information content (AvgIpc) is 2.70. The number of hydrogen-bond acceptors (Lipinski definition) is 5. The largest absolute Gasteiger partial charge is 0.255 e. The van der Waals surface area contributed by atoms with Gasteiger partial charge in [-0.05, 0) is 23.3 Å². The van der Waals surface area contributed by atoms with Crippen LogP contribution in [0.5, 0.6) is 0 Å². The molecule has 4 rings (SSSR count). The molecule has 122 valence electrons. The van der Waals surface area contributed by atoms with Crippen LogP contribution in [-0.4, -0.2) is 22.0 Å². The maximum absolute atomic E-state index is 4.58. The third-order valence-electron chi connectivity index (χ3n) is 3.94. The lowest BCUT2D eigenvalue weighted by atomic mass is 10.1.